The highest BCUT2D eigenvalue weighted by atomic mass is 79.9. The predicted octanol–water partition coefficient (Wildman–Crippen LogP) is 3.01. The van der Waals surface area contributed by atoms with E-state index >= 15 is 0 Å². The van der Waals surface area contributed by atoms with Gasteiger partial charge in [0.05, 0.1) is 24.1 Å². The van der Waals surface area contributed by atoms with Crippen LogP contribution in [0.4, 0.5) is 5.69 Å². The third kappa shape index (κ3) is 2.16. The highest BCUT2D eigenvalue weighted by Crippen LogP contribution is 2.29. The Morgan fingerprint density at radius 2 is 2.22 bits per heavy atom. The van der Waals surface area contributed by atoms with Crippen molar-refractivity contribution in [3.05, 3.63) is 28.2 Å². The van der Waals surface area contributed by atoms with Crippen LogP contribution in [0.25, 0.3) is 0 Å². The van der Waals surface area contributed by atoms with Crippen LogP contribution in [0.15, 0.2) is 27.8 Å². The van der Waals surface area contributed by atoms with Gasteiger partial charge in [0.1, 0.15) is 0 Å². The molecule has 1 atom stereocenters. The predicted molar refractivity (Wildman–Crippen MR) is 73.2 cm³/mol. The number of anilines is 1. The van der Waals surface area contributed by atoms with Crippen molar-refractivity contribution in [2.24, 2.45) is 11.0 Å². The Balaban J connectivity index is 2.36. The number of amides is 1. The van der Waals surface area contributed by atoms with Crippen LogP contribution in [-0.4, -0.2) is 11.6 Å². The van der Waals surface area contributed by atoms with Gasteiger partial charge in [-0.1, -0.05) is 15.9 Å². The first-order valence-electron chi connectivity index (χ1n) is 5.56. The van der Waals surface area contributed by atoms with Gasteiger partial charge in [-0.2, -0.15) is 15.4 Å². The molecule has 0 fully saturated rings. The second-order valence-electron chi connectivity index (χ2n) is 4.24. The molecule has 0 saturated heterocycles. The van der Waals surface area contributed by atoms with Crippen molar-refractivity contribution in [3.8, 4) is 6.07 Å². The number of aryl methyl sites for hydroxylation is 1. The van der Waals surface area contributed by atoms with Crippen LogP contribution >= 0.6 is 15.9 Å². The van der Waals surface area contributed by atoms with Crippen LogP contribution in [0.2, 0.25) is 0 Å². The normalized spacial score (nSPS) is 18.8. The highest BCUT2D eigenvalue weighted by Gasteiger charge is 2.34. The van der Waals surface area contributed by atoms with E-state index in [9.17, 15) is 4.79 Å². The molecular formula is C13H12BrN3O. The smallest absolute Gasteiger partial charge is 0.257 e. The summed E-state index contributed by atoms with van der Waals surface area (Å²) >= 11 is 3.39. The van der Waals surface area contributed by atoms with Crippen LogP contribution in [-0.2, 0) is 4.79 Å². The van der Waals surface area contributed by atoms with Crippen LogP contribution in [0.1, 0.15) is 18.9 Å². The maximum atomic E-state index is 12.2. The monoisotopic (exact) mass is 305 g/mol. The van der Waals surface area contributed by atoms with Gasteiger partial charge in [-0.15, -0.1) is 0 Å². The van der Waals surface area contributed by atoms with Crippen molar-refractivity contribution in [2.75, 3.05) is 5.01 Å². The summed E-state index contributed by atoms with van der Waals surface area (Å²) in [7, 11) is 0. The SMILES string of the molecule is CC1=NN(c2ccc(Br)cc2C)C(=O)C1CC#N. The van der Waals surface area contributed by atoms with Crippen LogP contribution in [0.5, 0.6) is 0 Å². The molecule has 0 saturated carbocycles. The molecule has 0 spiro atoms. The number of halogens is 1. The fourth-order valence-electron chi connectivity index (χ4n) is 1.96. The van der Waals surface area contributed by atoms with E-state index in [1.165, 1.54) is 5.01 Å². The van der Waals surface area contributed by atoms with E-state index in [4.69, 9.17) is 5.26 Å². The third-order valence-corrected chi connectivity index (χ3v) is 3.44. The van der Waals surface area contributed by atoms with Gasteiger partial charge in [-0.05, 0) is 37.6 Å². The van der Waals surface area contributed by atoms with Crippen molar-refractivity contribution in [3.63, 3.8) is 0 Å². The average molecular weight is 306 g/mol. The summed E-state index contributed by atoms with van der Waals surface area (Å²) < 4.78 is 0.963. The van der Waals surface area contributed by atoms with Crippen molar-refractivity contribution in [1.82, 2.24) is 0 Å². The minimum Gasteiger partial charge on any atom is -0.272 e. The van der Waals surface area contributed by atoms with E-state index in [1.54, 1.807) is 6.92 Å². The number of hydrogen-bond donors (Lipinski definition) is 0. The molecule has 1 aliphatic rings. The number of hydrogen-bond acceptors (Lipinski definition) is 3. The fraction of sp³-hybridized carbons (Fsp3) is 0.308. The second-order valence-corrected chi connectivity index (χ2v) is 5.15. The van der Waals surface area contributed by atoms with Gasteiger partial charge in [0.15, 0.2) is 0 Å². The van der Waals surface area contributed by atoms with Crippen molar-refractivity contribution >= 4 is 33.2 Å². The van der Waals surface area contributed by atoms with Crippen LogP contribution < -0.4 is 5.01 Å². The van der Waals surface area contributed by atoms with E-state index in [1.807, 2.05) is 31.2 Å². The number of rotatable bonds is 2. The molecule has 1 heterocycles. The minimum atomic E-state index is -0.405. The summed E-state index contributed by atoms with van der Waals surface area (Å²) in [6.07, 6.45) is 0.181. The van der Waals surface area contributed by atoms with E-state index < -0.39 is 5.92 Å². The zero-order valence-corrected chi connectivity index (χ0v) is 11.7. The van der Waals surface area contributed by atoms with Crippen LogP contribution in [0.3, 0.4) is 0 Å². The fourth-order valence-corrected chi connectivity index (χ4v) is 2.43. The third-order valence-electron chi connectivity index (χ3n) is 2.95. The molecule has 4 nitrogen and oxygen atoms in total. The van der Waals surface area contributed by atoms with Gasteiger partial charge in [-0.25, -0.2) is 0 Å². The summed E-state index contributed by atoms with van der Waals surface area (Å²) in [5.41, 5.74) is 2.43. The lowest BCUT2D eigenvalue weighted by molar-refractivity contribution is -0.119. The molecule has 18 heavy (non-hydrogen) atoms. The van der Waals surface area contributed by atoms with E-state index in [-0.39, 0.29) is 12.3 Å². The largest absolute Gasteiger partial charge is 0.272 e. The lowest BCUT2D eigenvalue weighted by Gasteiger charge is -2.15. The average Bonchev–Trinajstić information content (AvgIpc) is 2.58. The van der Waals surface area contributed by atoms with Gasteiger partial charge in [0.25, 0.3) is 5.91 Å². The van der Waals surface area contributed by atoms with E-state index in [0.717, 1.165) is 15.7 Å². The molecule has 1 amide bonds. The molecule has 0 radical (unpaired) electrons. The first-order valence-corrected chi connectivity index (χ1v) is 6.36. The molecule has 1 aliphatic heterocycles. The van der Waals surface area contributed by atoms with Crippen molar-refractivity contribution in [1.29, 1.82) is 5.26 Å². The Bertz CT molecular complexity index is 574. The maximum Gasteiger partial charge on any atom is 0.257 e. The summed E-state index contributed by atoms with van der Waals surface area (Å²) in [4.78, 5) is 12.2. The Kier molecular flexibility index (Phi) is 3.48. The summed E-state index contributed by atoms with van der Waals surface area (Å²) in [5, 5.41) is 14.4. The lowest BCUT2D eigenvalue weighted by atomic mass is 10.0. The number of carbonyl (C=O) groups is 1. The molecular weight excluding hydrogens is 294 g/mol. The Hall–Kier alpha value is -1.67. The van der Waals surface area contributed by atoms with Gasteiger partial charge in [0, 0.05) is 10.2 Å². The van der Waals surface area contributed by atoms with Crippen molar-refractivity contribution in [2.45, 2.75) is 20.3 Å². The zero-order chi connectivity index (χ0) is 13.3. The molecule has 0 aliphatic carbocycles. The highest BCUT2D eigenvalue weighted by molar-refractivity contribution is 9.10. The second kappa shape index (κ2) is 4.91. The molecule has 1 unspecified atom stereocenters. The standard InChI is InChI=1S/C13H12BrN3O/c1-8-7-10(14)3-4-12(8)17-13(18)11(5-6-15)9(2)16-17/h3-4,7,11H,5H2,1-2H3. The first-order chi connectivity index (χ1) is 8.54. The number of hydrazone groups is 1. The number of benzene rings is 1. The minimum absolute atomic E-state index is 0.125. The summed E-state index contributed by atoms with van der Waals surface area (Å²) in [6, 6.07) is 7.69. The van der Waals surface area contributed by atoms with E-state index in [2.05, 4.69) is 21.0 Å². The molecule has 2 rings (SSSR count). The number of nitrogens with zero attached hydrogens (tertiary/aromatic N) is 3. The molecule has 1 aromatic carbocycles. The van der Waals surface area contributed by atoms with E-state index in [0.29, 0.717) is 5.71 Å². The molecule has 92 valence electrons. The van der Waals surface area contributed by atoms with Gasteiger partial charge >= 0.3 is 0 Å². The maximum absolute atomic E-state index is 12.2. The van der Waals surface area contributed by atoms with Crippen LogP contribution in [0, 0.1) is 24.2 Å². The summed E-state index contributed by atoms with van der Waals surface area (Å²) in [5.74, 6) is -0.530. The van der Waals surface area contributed by atoms with Crippen molar-refractivity contribution < 1.29 is 4.79 Å². The van der Waals surface area contributed by atoms with Gasteiger partial charge in [0.2, 0.25) is 0 Å². The Labute approximate surface area is 114 Å². The molecule has 5 heteroatoms. The molecule has 0 aromatic heterocycles. The summed E-state index contributed by atoms with van der Waals surface area (Å²) in [6.45, 7) is 3.71. The first kappa shape index (κ1) is 12.8. The number of carbonyl (C=O) groups excluding carboxylic acids is 1. The Morgan fingerprint density at radius 3 is 2.83 bits per heavy atom. The lowest BCUT2D eigenvalue weighted by Crippen LogP contribution is -2.27. The Morgan fingerprint density at radius 1 is 1.50 bits per heavy atom. The topological polar surface area (TPSA) is 56.5 Å². The zero-order valence-electron chi connectivity index (χ0n) is 10.1. The quantitative estimate of drug-likeness (QED) is 0.843. The number of nitriles is 1. The molecule has 0 N–H and O–H groups in total. The molecule has 1 aromatic rings. The molecule has 0 bridgehead atoms. The van der Waals surface area contributed by atoms with Gasteiger partial charge < -0.3 is 0 Å². The van der Waals surface area contributed by atoms with Gasteiger partial charge in [-0.3, -0.25) is 4.79 Å².